The van der Waals surface area contributed by atoms with Gasteiger partial charge >= 0.3 is 0 Å². The van der Waals surface area contributed by atoms with Crippen molar-refractivity contribution in [1.82, 2.24) is 15.0 Å². The minimum atomic E-state index is 1.04. The molecule has 0 radical (unpaired) electrons. The van der Waals surface area contributed by atoms with Crippen molar-refractivity contribution in [2.45, 2.75) is 60.3 Å². The zero-order chi connectivity index (χ0) is 25.3. The van der Waals surface area contributed by atoms with E-state index < -0.39 is 0 Å². The lowest BCUT2D eigenvalue weighted by Crippen LogP contribution is -1.77. The second-order valence-electron chi connectivity index (χ2n) is 8.32. The molecule has 2 N–H and O–H groups in total. The average molecular weight is 468 g/mol. The van der Waals surface area contributed by atoms with Gasteiger partial charge < -0.3 is 9.97 Å². The summed E-state index contributed by atoms with van der Waals surface area (Å²) in [5.74, 6) is 0. The van der Waals surface area contributed by atoms with Gasteiger partial charge in [0.15, 0.2) is 0 Å². The summed E-state index contributed by atoms with van der Waals surface area (Å²) in [7, 11) is 0. The largest absolute Gasteiger partial charge is 0.361 e. The zero-order valence-electron chi connectivity index (χ0n) is 22.0. The van der Waals surface area contributed by atoms with Gasteiger partial charge in [-0.05, 0) is 55.4 Å². The second-order valence-corrected chi connectivity index (χ2v) is 8.32. The number of nitrogens with one attached hydrogen (secondary N) is 2. The molecule has 184 valence electrons. The molecular weight excluding hydrogens is 426 g/mol. The van der Waals surface area contributed by atoms with E-state index in [9.17, 15) is 0 Å². The van der Waals surface area contributed by atoms with Gasteiger partial charge in [-0.15, -0.1) is 0 Å². The van der Waals surface area contributed by atoms with Crippen LogP contribution in [0, 0.1) is 6.92 Å². The fourth-order valence-corrected chi connectivity index (χ4v) is 3.44. The number of nitrogens with zero attached hydrogens (tertiary/aromatic N) is 1. The lowest BCUT2D eigenvalue weighted by molar-refractivity contribution is 1.06. The standard InChI is InChI=1S/C10H11N.C9H12.C8H10.C5H8N2/c1-2-8-7-11-10-6-4-3-5-9(8)10;1-3-9-6-4-8(2)5-7-9;1-2-8-6-4-3-5-7-8;1-2-5-3-6-4-7-5/h3-7,11H,2H2,1H3;4-7H,3H2,1-2H3;3-7H,2H2,1H3;3-4H,2H2,1H3,(H,6,7). The number of aromatic nitrogens is 3. The Bertz CT molecular complexity index is 1170. The number of rotatable bonds is 4. The first-order chi connectivity index (χ1) is 17.1. The van der Waals surface area contributed by atoms with E-state index in [0.717, 1.165) is 25.7 Å². The first kappa shape index (κ1) is 27.7. The van der Waals surface area contributed by atoms with Crippen LogP contribution in [-0.4, -0.2) is 15.0 Å². The van der Waals surface area contributed by atoms with Crippen LogP contribution in [0.1, 0.15) is 55.6 Å². The smallest absolute Gasteiger partial charge is 0.0921 e. The number of imidazole rings is 1. The molecule has 0 saturated carbocycles. The molecule has 0 aliphatic rings. The van der Waals surface area contributed by atoms with Gasteiger partial charge in [-0.3, -0.25) is 0 Å². The minimum absolute atomic E-state index is 1.04. The van der Waals surface area contributed by atoms with E-state index in [1.165, 1.54) is 38.9 Å². The highest BCUT2D eigenvalue weighted by molar-refractivity contribution is 5.82. The van der Waals surface area contributed by atoms with E-state index in [1.807, 2.05) is 12.3 Å². The van der Waals surface area contributed by atoms with Crippen LogP contribution in [-0.2, 0) is 25.7 Å². The van der Waals surface area contributed by atoms with Crippen LogP contribution >= 0.6 is 0 Å². The highest BCUT2D eigenvalue weighted by Gasteiger charge is 1.98. The highest BCUT2D eigenvalue weighted by Crippen LogP contribution is 2.17. The van der Waals surface area contributed by atoms with Gasteiger partial charge in [-0.2, -0.15) is 0 Å². The molecule has 0 spiro atoms. The molecular formula is C32H41N3. The monoisotopic (exact) mass is 467 g/mol. The summed E-state index contributed by atoms with van der Waals surface area (Å²) in [5.41, 5.74) is 8.00. The molecule has 3 aromatic carbocycles. The quantitative estimate of drug-likeness (QED) is 0.273. The molecule has 5 aromatic rings. The van der Waals surface area contributed by atoms with E-state index in [2.05, 4.69) is 129 Å². The summed E-state index contributed by atoms with van der Waals surface area (Å²) in [6, 6.07) is 27.5. The van der Waals surface area contributed by atoms with Crippen molar-refractivity contribution in [3.63, 3.8) is 0 Å². The van der Waals surface area contributed by atoms with E-state index in [0.29, 0.717) is 0 Å². The summed E-state index contributed by atoms with van der Waals surface area (Å²) in [4.78, 5) is 10.1. The Kier molecular flexibility index (Phi) is 12.7. The van der Waals surface area contributed by atoms with E-state index in [1.54, 1.807) is 6.33 Å². The van der Waals surface area contributed by atoms with Crippen molar-refractivity contribution >= 4 is 10.9 Å². The fourth-order valence-electron chi connectivity index (χ4n) is 3.44. The van der Waals surface area contributed by atoms with Crippen LogP contribution in [0.4, 0.5) is 0 Å². The second kappa shape index (κ2) is 16.1. The molecule has 0 fully saturated rings. The number of fused-ring (bicyclic) bond motifs is 1. The molecule has 0 atom stereocenters. The third-order valence-electron chi connectivity index (χ3n) is 5.77. The van der Waals surface area contributed by atoms with Crippen LogP contribution in [0.5, 0.6) is 0 Å². The summed E-state index contributed by atoms with van der Waals surface area (Å²) < 4.78 is 0. The van der Waals surface area contributed by atoms with Crippen molar-refractivity contribution in [3.05, 3.63) is 126 Å². The van der Waals surface area contributed by atoms with Gasteiger partial charge in [-0.1, -0.05) is 106 Å². The van der Waals surface area contributed by atoms with Crippen molar-refractivity contribution < 1.29 is 0 Å². The maximum Gasteiger partial charge on any atom is 0.0921 e. The van der Waals surface area contributed by atoms with Gasteiger partial charge in [0.2, 0.25) is 0 Å². The zero-order valence-corrected chi connectivity index (χ0v) is 22.0. The normalized spacial score (nSPS) is 9.74. The molecule has 0 unspecified atom stereocenters. The topological polar surface area (TPSA) is 44.5 Å². The third-order valence-corrected chi connectivity index (χ3v) is 5.77. The van der Waals surface area contributed by atoms with E-state index in [4.69, 9.17) is 0 Å². The molecule has 0 aliphatic carbocycles. The van der Waals surface area contributed by atoms with Crippen molar-refractivity contribution in [3.8, 4) is 0 Å². The third kappa shape index (κ3) is 10.1. The number of benzene rings is 3. The summed E-state index contributed by atoms with van der Waals surface area (Å²) in [5, 5.41) is 1.36. The molecule has 3 heteroatoms. The van der Waals surface area contributed by atoms with Crippen molar-refractivity contribution in [1.29, 1.82) is 0 Å². The Morgan fingerprint density at radius 1 is 0.629 bits per heavy atom. The van der Waals surface area contributed by atoms with Crippen LogP contribution < -0.4 is 0 Å². The van der Waals surface area contributed by atoms with Gasteiger partial charge in [0.25, 0.3) is 0 Å². The number of hydrogen-bond donors (Lipinski definition) is 2. The Hall–Kier alpha value is -3.59. The maximum absolute atomic E-state index is 3.84. The Morgan fingerprint density at radius 2 is 1.26 bits per heavy atom. The molecule has 2 aromatic heterocycles. The predicted molar refractivity (Wildman–Crippen MR) is 152 cm³/mol. The summed E-state index contributed by atoms with van der Waals surface area (Å²) >= 11 is 0. The molecule has 0 saturated heterocycles. The molecule has 35 heavy (non-hydrogen) atoms. The Morgan fingerprint density at radius 3 is 1.77 bits per heavy atom. The van der Waals surface area contributed by atoms with Crippen LogP contribution in [0.3, 0.4) is 0 Å². The molecule has 5 rings (SSSR count). The number of hydrogen-bond acceptors (Lipinski definition) is 1. The maximum atomic E-state index is 3.84. The molecule has 0 aliphatic heterocycles. The Balaban J connectivity index is 0.000000167. The lowest BCUT2D eigenvalue weighted by Gasteiger charge is -1.94. The lowest BCUT2D eigenvalue weighted by atomic mass is 10.1. The molecule has 0 bridgehead atoms. The van der Waals surface area contributed by atoms with Crippen LogP contribution in [0.25, 0.3) is 10.9 Å². The van der Waals surface area contributed by atoms with Gasteiger partial charge in [0.1, 0.15) is 0 Å². The first-order valence-electron chi connectivity index (χ1n) is 12.7. The van der Waals surface area contributed by atoms with Gasteiger partial charge in [0.05, 0.1) is 6.33 Å². The molecule has 3 nitrogen and oxygen atoms in total. The van der Waals surface area contributed by atoms with Crippen LogP contribution in [0.15, 0.2) is 97.6 Å². The summed E-state index contributed by atoms with van der Waals surface area (Å²) in [6.45, 7) is 10.7. The van der Waals surface area contributed by atoms with Gasteiger partial charge in [-0.25, -0.2) is 4.98 Å². The van der Waals surface area contributed by atoms with Crippen molar-refractivity contribution in [2.75, 3.05) is 0 Å². The average Bonchev–Trinajstić information content (AvgIpc) is 3.61. The summed E-state index contributed by atoms with van der Waals surface area (Å²) in [6.07, 6.45) is 10.0. The van der Waals surface area contributed by atoms with Crippen molar-refractivity contribution in [2.24, 2.45) is 0 Å². The fraction of sp³-hybridized carbons (Fsp3) is 0.281. The first-order valence-corrected chi connectivity index (χ1v) is 12.7. The number of H-pyrrole nitrogens is 2. The number of para-hydroxylation sites is 1. The number of aryl methyl sites for hydroxylation is 5. The van der Waals surface area contributed by atoms with E-state index in [-0.39, 0.29) is 0 Å². The Labute approximate surface area is 211 Å². The molecule has 2 heterocycles. The molecule has 0 amide bonds. The predicted octanol–water partition coefficient (Wildman–Crippen LogP) is 8.51. The highest BCUT2D eigenvalue weighted by atomic mass is 14.8. The van der Waals surface area contributed by atoms with E-state index >= 15 is 0 Å². The van der Waals surface area contributed by atoms with Crippen LogP contribution in [0.2, 0.25) is 0 Å². The minimum Gasteiger partial charge on any atom is -0.361 e. The number of aromatic amines is 2. The SMILES string of the molecule is CCc1c[nH]c2ccccc12.CCc1ccc(C)cc1.CCc1ccccc1.CCc1cnc[nH]1. The van der Waals surface area contributed by atoms with Gasteiger partial charge in [0, 0.05) is 29.0 Å².